The SMILES string of the molecule is CN1NN(COc2ccc(C[C@H](NC(=O)OC(C)(C)C)C(=O)OC(C)(C)C)cc2)CC1c1ccccc1. The molecular formula is C28H40N4O5. The van der Waals surface area contributed by atoms with Gasteiger partial charge in [-0.15, -0.1) is 0 Å². The minimum Gasteiger partial charge on any atom is -0.477 e. The summed E-state index contributed by atoms with van der Waals surface area (Å²) in [6.45, 7) is 11.8. The highest BCUT2D eigenvalue weighted by molar-refractivity contribution is 5.82. The summed E-state index contributed by atoms with van der Waals surface area (Å²) in [4.78, 5) is 25.2. The monoisotopic (exact) mass is 512 g/mol. The van der Waals surface area contributed by atoms with Gasteiger partial charge >= 0.3 is 12.1 Å². The molecule has 0 bridgehead atoms. The lowest BCUT2D eigenvalue weighted by atomic mass is 10.1. The lowest BCUT2D eigenvalue weighted by molar-refractivity contribution is -0.157. The second-order valence-electron chi connectivity index (χ2n) is 11.2. The third-order valence-corrected chi connectivity index (χ3v) is 5.48. The summed E-state index contributed by atoms with van der Waals surface area (Å²) in [5.74, 6) is 0.182. The Balaban J connectivity index is 1.57. The maximum Gasteiger partial charge on any atom is 0.408 e. The van der Waals surface area contributed by atoms with Gasteiger partial charge in [-0.1, -0.05) is 42.5 Å². The zero-order chi connectivity index (χ0) is 27.2. The van der Waals surface area contributed by atoms with Gasteiger partial charge in [-0.25, -0.2) is 14.6 Å². The molecule has 2 aromatic carbocycles. The molecule has 1 heterocycles. The standard InChI is InChI=1S/C28H40N4O5/c1-27(2,3)36-25(33)23(29-26(34)37-28(4,5)6)17-20-13-15-22(16-14-20)35-19-32-18-24(31(7)30-32)21-11-9-8-10-12-21/h8-16,23-24,30H,17-19H2,1-7H3,(H,29,34)/t23-,24?/m0/s1. The smallest absolute Gasteiger partial charge is 0.408 e. The molecule has 0 saturated carbocycles. The molecular weight excluding hydrogens is 472 g/mol. The number of hydrogen-bond donors (Lipinski definition) is 2. The van der Waals surface area contributed by atoms with Crippen LogP contribution in [0.1, 0.15) is 58.7 Å². The number of esters is 1. The molecule has 9 heteroatoms. The number of alkyl carbamates (subject to hydrolysis) is 1. The Hall–Kier alpha value is -3.14. The number of benzene rings is 2. The van der Waals surface area contributed by atoms with Crippen LogP contribution in [-0.4, -0.2) is 59.6 Å². The molecule has 1 unspecified atom stereocenters. The van der Waals surface area contributed by atoms with Gasteiger partial charge < -0.3 is 19.5 Å². The van der Waals surface area contributed by atoms with Gasteiger partial charge in [0, 0.05) is 20.0 Å². The Morgan fingerprint density at radius 3 is 2.19 bits per heavy atom. The molecule has 1 aliphatic heterocycles. The van der Waals surface area contributed by atoms with E-state index in [-0.39, 0.29) is 12.5 Å². The van der Waals surface area contributed by atoms with E-state index in [1.807, 2.05) is 54.5 Å². The highest BCUT2D eigenvalue weighted by atomic mass is 16.6. The van der Waals surface area contributed by atoms with Gasteiger partial charge in [0.2, 0.25) is 0 Å². The molecule has 202 valence electrons. The fraction of sp³-hybridized carbons (Fsp3) is 0.500. The number of amides is 1. The number of nitrogens with one attached hydrogen (secondary N) is 2. The Labute approximate surface area is 220 Å². The van der Waals surface area contributed by atoms with E-state index in [1.54, 1.807) is 41.5 Å². The molecule has 1 fully saturated rings. The van der Waals surface area contributed by atoms with Gasteiger partial charge in [0.15, 0.2) is 6.73 Å². The molecule has 37 heavy (non-hydrogen) atoms. The molecule has 2 atom stereocenters. The highest BCUT2D eigenvalue weighted by Crippen LogP contribution is 2.24. The van der Waals surface area contributed by atoms with Crippen LogP contribution in [0.15, 0.2) is 54.6 Å². The maximum absolute atomic E-state index is 12.8. The molecule has 0 aliphatic carbocycles. The van der Waals surface area contributed by atoms with Crippen LogP contribution in [0, 0.1) is 0 Å². The molecule has 2 N–H and O–H groups in total. The van der Waals surface area contributed by atoms with Crippen molar-refractivity contribution in [2.75, 3.05) is 20.3 Å². The second-order valence-corrected chi connectivity index (χ2v) is 11.2. The van der Waals surface area contributed by atoms with Crippen LogP contribution in [0.25, 0.3) is 0 Å². The van der Waals surface area contributed by atoms with E-state index < -0.39 is 29.3 Å². The van der Waals surface area contributed by atoms with Crippen LogP contribution in [0.3, 0.4) is 0 Å². The molecule has 1 amide bonds. The summed E-state index contributed by atoms with van der Waals surface area (Å²) in [6.07, 6.45) is -0.411. The van der Waals surface area contributed by atoms with Crippen molar-refractivity contribution in [3.63, 3.8) is 0 Å². The van der Waals surface area contributed by atoms with Crippen LogP contribution < -0.4 is 15.6 Å². The number of hydrazine groups is 2. The van der Waals surface area contributed by atoms with Crippen molar-refractivity contribution in [3.05, 3.63) is 65.7 Å². The number of ether oxygens (including phenoxy) is 3. The van der Waals surface area contributed by atoms with Crippen molar-refractivity contribution in [2.24, 2.45) is 0 Å². The minimum atomic E-state index is -0.889. The lowest BCUT2D eigenvalue weighted by Gasteiger charge is -2.26. The second kappa shape index (κ2) is 11.9. The van der Waals surface area contributed by atoms with E-state index in [2.05, 4.69) is 28.0 Å². The van der Waals surface area contributed by atoms with E-state index in [0.29, 0.717) is 12.5 Å². The number of likely N-dealkylation sites (N-methyl/N-ethyl adjacent to an activating group) is 1. The van der Waals surface area contributed by atoms with Crippen molar-refractivity contribution in [3.8, 4) is 5.75 Å². The van der Waals surface area contributed by atoms with Crippen molar-refractivity contribution in [1.82, 2.24) is 20.9 Å². The summed E-state index contributed by atoms with van der Waals surface area (Å²) < 4.78 is 16.8. The first-order valence-electron chi connectivity index (χ1n) is 12.5. The minimum absolute atomic E-state index is 0.231. The van der Waals surface area contributed by atoms with Crippen molar-refractivity contribution >= 4 is 12.1 Å². The Bertz CT molecular complexity index is 1030. The van der Waals surface area contributed by atoms with Gasteiger partial charge in [0.25, 0.3) is 0 Å². The van der Waals surface area contributed by atoms with Gasteiger partial charge in [-0.05, 0) is 64.8 Å². The van der Waals surface area contributed by atoms with Gasteiger partial charge in [0.05, 0.1) is 6.04 Å². The highest BCUT2D eigenvalue weighted by Gasteiger charge is 2.30. The van der Waals surface area contributed by atoms with Gasteiger partial charge in [-0.2, -0.15) is 10.5 Å². The third-order valence-electron chi connectivity index (χ3n) is 5.48. The van der Waals surface area contributed by atoms with Gasteiger partial charge in [-0.3, -0.25) is 0 Å². The van der Waals surface area contributed by atoms with Crippen LogP contribution in [0.5, 0.6) is 5.75 Å². The fourth-order valence-corrected chi connectivity index (χ4v) is 3.88. The van der Waals surface area contributed by atoms with Crippen molar-refractivity contribution < 1.29 is 23.8 Å². The molecule has 9 nitrogen and oxygen atoms in total. The van der Waals surface area contributed by atoms with Crippen molar-refractivity contribution in [2.45, 2.75) is 71.2 Å². The summed E-state index contributed by atoms with van der Waals surface area (Å²) >= 11 is 0. The average Bonchev–Trinajstić information content (AvgIpc) is 3.17. The quantitative estimate of drug-likeness (QED) is 0.509. The number of carbonyl (C=O) groups is 2. The first-order valence-corrected chi connectivity index (χ1v) is 12.5. The number of rotatable bonds is 8. The number of nitrogens with zero attached hydrogens (tertiary/aromatic N) is 2. The molecule has 0 spiro atoms. The van der Waals surface area contributed by atoms with Crippen LogP contribution in [0.2, 0.25) is 0 Å². The van der Waals surface area contributed by atoms with Gasteiger partial charge in [0.1, 0.15) is 23.0 Å². The number of hydrogen-bond acceptors (Lipinski definition) is 8. The average molecular weight is 513 g/mol. The largest absolute Gasteiger partial charge is 0.477 e. The lowest BCUT2D eigenvalue weighted by Crippen LogP contribution is -2.47. The zero-order valence-corrected chi connectivity index (χ0v) is 22.9. The first-order chi connectivity index (χ1) is 17.3. The van der Waals surface area contributed by atoms with E-state index in [1.165, 1.54) is 5.56 Å². The zero-order valence-electron chi connectivity index (χ0n) is 22.9. The Morgan fingerprint density at radius 1 is 0.973 bits per heavy atom. The third kappa shape index (κ3) is 9.35. The predicted molar refractivity (Wildman–Crippen MR) is 141 cm³/mol. The summed E-state index contributed by atoms with van der Waals surface area (Å²) in [5.41, 5.74) is 4.04. The van der Waals surface area contributed by atoms with E-state index >= 15 is 0 Å². The Kier molecular flexibility index (Phi) is 9.17. The first kappa shape index (κ1) is 28.4. The molecule has 0 radical (unpaired) electrons. The van der Waals surface area contributed by atoms with E-state index in [9.17, 15) is 9.59 Å². The fourth-order valence-electron chi connectivity index (χ4n) is 3.88. The summed E-state index contributed by atoms with van der Waals surface area (Å²) in [6, 6.07) is 17.1. The molecule has 2 aromatic rings. The van der Waals surface area contributed by atoms with Crippen LogP contribution >= 0.6 is 0 Å². The van der Waals surface area contributed by atoms with Crippen LogP contribution in [0.4, 0.5) is 4.79 Å². The maximum atomic E-state index is 12.8. The molecule has 1 aliphatic rings. The molecule has 1 saturated heterocycles. The van der Waals surface area contributed by atoms with Crippen LogP contribution in [-0.2, 0) is 20.7 Å². The molecule has 3 rings (SSSR count). The number of carbonyl (C=O) groups excluding carboxylic acids is 2. The Morgan fingerprint density at radius 2 is 1.59 bits per heavy atom. The van der Waals surface area contributed by atoms with E-state index in [4.69, 9.17) is 14.2 Å². The van der Waals surface area contributed by atoms with Crippen molar-refractivity contribution in [1.29, 1.82) is 0 Å². The van der Waals surface area contributed by atoms with E-state index in [0.717, 1.165) is 12.1 Å². The normalized spacial score (nSPS) is 17.8. The topological polar surface area (TPSA) is 92.4 Å². The predicted octanol–water partition coefficient (Wildman–Crippen LogP) is 4.21. The summed E-state index contributed by atoms with van der Waals surface area (Å²) in [7, 11) is 2.01. The summed E-state index contributed by atoms with van der Waals surface area (Å²) in [5, 5.41) is 6.73. The molecule has 0 aromatic heterocycles.